The van der Waals surface area contributed by atoms with Gasteiger partial charge in [-0.05, 0) is 78.6 Å². The van der Waals surface area contributed by atoms with Crippen LogP contribution in [0.25, 0.3) is 22.0 Å². The van der Waals surface area contributed by atoms with Crippen molar-refractivity contribution in [2.45, 2.75) is 58.1 Å². The Labute approximate surface area is 250 Å². The lowest BCUT2D eigenvalue weighted by Crippen LogP contribution is -2.45. The lowest BCUT2D eigenvalue weighted by molar-refractivity contribution is -0.274. The van der Waals surface area contributed by atoms with E-state index < -0.39 is 6.36 Å². The molecular weight excluding hydrogens is 559 g/mol. The Morgan fingerprint density at radius 3 is 2.17 bits per heavy atom. The van der Waals surface area contributed by atoms with Crippen LogP contribution in [0.5, 0.6) is 5.75 Å². The second kappa shape index (κ2) is 12.3. The van der Waals surface area contributed by atoms with Gasteiger partial charge in [0.2, 0.25) is 0 Å². The highest BCUT2D eigenvalue weighted by molar-refractivity contribution is 6.31. The first-order valence-electron chi connectivity index (χ1n) is 14.9. The maximum absolute atomic E-state index is 12.7. The summed E-state index contributed by atoms with van der Waals surface area (Å²) in [5.41, 5.74) is 5.54. The third kappa shape index (κ3) is 6.80. The average molecular weight is 596 g/mol. The van der Waals surface area contributed by atoms with Crippen LogP contribution >= 0.6 is 11.6 Å². The summed E-state index contributed by atoms with van der Waals surface area (Å²) in [6, 6.07) is 21.5. The van der Waals surface area contributed by atoms with Gasteiger partial charge in [0.25, 0.3) is 0 Å². The van der Waals surface area contributed by atoms with E-state index in [1.165, 1.54) is 41.6 Å². The van der Waals surface area contributed by atoms with Crippen molar-refractivity contribution in [3.05, 3.63) is 89.1 Å². The number of piperazine rings is 1. The normalized spacial score (nSPS) is 20.7. The summed E-state index contributed by atoms with van der Waals surface area (Å²) < 4.78 is 44.8. The summed E-state index contributed by atoms with van der Waals surface area (Å²) in [4.78, 5) is 4.95. The number of fused-ring (bicyclic) bond motifs is 1. The molecule has 0 unspecified atom stereocenters. The molecule has 2 heterocycles. The molecule has 0 radical (unpaired) electrons. The monoisotopic (exact) mass is 595 g/mol. The van der Waals surface area contributed by atoms with Crippen LogP contribution in [0.3, 0.4) is 0 Å². The molecule has 1 aromatic heterocycles. The Morgan fingerprint density at radius 1 is 0.833 bits per heavy atom. The standard InChI is InChI=1S/C34H37ClF3N3O/c1-24-6-11-28(12-7-24)41-23-31(26-9-13-29(14-10-26)42-34(36,37)38)30-20-25(8-15-33(30)41)21-39-16-18-40(19-17-39)22-27-4-2-3-5-32(27)35/h2-5,8-10,13-15,20,23-24,28H,6-7,11-12,16-19,21-22H2,1H3. The van der Waals surface area contributed by atoms with Gasteiger partial charge in [-0.1, -0.05) is 54.9 Å². The lowest BCUT2D eigenvalue weighted by Gasteiger charge is -2.35. The van der Waals surface area contributed by atoms with Gasteiger partial charge < -0.3 is 9.30 Å². The fourth-order valence-electron chi connectivity index (χ4n) is 6.52. The first-order chi connectivity index (χ1) is 20.2. The molecule has 1 aliphatic heterocycles. The molecule has 8 heteroatoms. The molecule has 6 rings (SSSR count). The number of aromatic nitrogens is 1. The number of halogens is 4. The number of alkyl halides is 3. The van der Waals surface area contributed by atoms with Crippen molar-refractivity contribution in [2.24, 2.45) is 5.92 Å². The van der Waals surface area contributed by atoms with Gasteiger partial charge in [0, 0.05) is 73.0 Å². The van der Waals surface area contributed by atoms with Crippen LogP contribution < -0.4 is 4.74 Å². The smallest absolute Gasteiger partial charge is 0.406 e. The van der Waals surface area contributed by atoms with Crippen LogP contribution in [0.15, 0.2) is 72.9 Å². The number of ether oxygens (including phenoxy) is 1. The van der Waals surface area contributed by atoms with Crippen molar-refractivity contribution in [2.75, 3.05) is 26.2 Å². The van der Waals surface area contributed by atoms with E-state index in [0.29, 0.717) is 6.04 Å². The Bertz CT molecular complexity index is 1500. The molecule has 3 aromatic carbocycles. The fraction of sp³-hybridized carbons (Fsp3) is 0.412. The van der Waals surface area contributed by atoms with Crippen LogP contribution in [-0.4, -0.2) is 46.9 Å². The maximum atomic E-state index is 12.7. The van der Waals surface area contributed by atoms with E-state index in [9.17, 15) is 13.2 Å². The highest BCUT2D eigenvalue weighted by Gasteiger charge is 2.31. The minimum Gasteiger partial charge on any atom is -0.406 e. The van der Waals surface area contributed by atoms with E-state index in [-0.39, 0.29) is 5.75 Å². The molecule has 4 aromatic rings. The summed E-state index contributed by atoms with van der Waals surface area (Å²) in [6.07, 6.45) is 2.21. The number of benzene rings is 3. The fourth-order valence-corrected chi connectivity index (χ4v) is 6.72. The van der Waals surface area contributed by atoms with Gasteiger partial charge in [0.1, 0.15) is 5.75 Å². The summed E-state index contributed by atoms with van der Waals surface area (Å²) in [5.74, 6) is 0.547. The first kappa shape index (κ1) is 29.1. The molecule has 4 nitrogen and oxygen atoms in total. The number of nitrogens with zero attached hydrogens (tertiary/aromatic N) is 3. The van der Waals surface area contributed by atoms with Crippen LogP contribution in [0.4, 0.5) is 13.2 Å². The quantitative estimate of drug-likeness (QED) is 0.213. The van der Waals surface area contributed by atoms with E-state index in [1.54, 1.807) is 12.1 Å². The summed E-state index contributed by atoms with van der Waals surface area (Å²) in [5, 5.41) is 1.97. The molecular formula is C34H37ClF3N3O. The average Bonchev–Trinajstić information content (AvgIpc) is 3.34. The van der Waals surface area contributed by atoms with Gasteiger partial charge in [-0.2, -0.15) is 0 Å². The Morgan fingerprint density at radius 2 is 1.50 bits per heavy atom. The van der Waals surface area contributed by atoms with E-state index in [4.69, 9.17) is 11.6 Å². The van der Waals surface area contributed by atoms with E-state index in [2.05, 4.69) is 56.5 Å². The molecule has 1 aliphatic carbocycles. The van der Waals surface area contributed by atoms with Gasteiger partial charge in [-0.3, -0.25) is 9.80 Å². The van der Waals surface area contributed by atoms with E-state index in [1.807, 2.05) is 18.2 Å². The molecule has 0 N–H and O–H groups in total. The molecule has 0 spiro atoms. The van der Waals surface area contributed by atoms with Crippen molar-refractivity contribution in [1.29, 1.82) is 0 Å². The largest absolute Gasteiger partial charge is 0.573 e. The van der Waals surface area contributed by atoms with Crippen LogP contribution in [0.2, 0.25) is 5.02 Å². The van der Waals surface area contributed by atoms with E-state index >= 15 is 0 Å². The lowest BCUT2D eigenvalue weighted by atomic mass is 9.87. The van der Waals surface area contributed by atoms with Crippen LogP contribution in [-0.2, 0) is 13.1 Å². The zero-order valence-electron chi connectivity index (χ0n) is 23.9. The van der Waals surface area contributed by atoms with Crippen molar-refractivity contribution >= 4 is 22.5 Å². The predicted molar refractivity (Wildman–Crippen MR) is 163 cm³/mol. The minimum atomic E-state index is -4.70. The third-order valence-electron chi connectivity index (χ3n) is 8.90. The zero-order chi connectivity index (χ0) is 29.3. The molecule has 0 bridgehead atoms. The maximum Gasteiger partial charge on any atom is 0.573 e. The van der Waals surface area contributed by atoms with E-state index in [0.717, 1.165) is 79.6 Å². The number of rotatable bonds is 7. The van der Waals surface area contributed by atoms with Crippen molar-refractivity contribution in [1.82, 2.24) is 14.4 Å². The van der Waals surface area contributed by atoms with Crippen molar-refractivity contribution < 1.29 is 17.9 Å². The molecule has 1 saturated heterocycles. The second-order valence-electron chi connectivity index (χ2n) is 11.9. The van der Waals surface area contributed by atoms with Crippen LogP contribution in [0, 0.1) is 5.92 Å². The van der Waals surface area contributed by atoms with Crippen molar-refractivity contribution in [3.8, 4) is 16.9 Å². The van der Waals surface area contributed by atoms with Gasteiger partial charge in [-0.25, -0.2) is 0 Å². The van der Waals surface area contributed by atoms with Gasteiger partial charge in [0.15, 0.2) is 0 Å². The second-order valence-corrected chi connectivity index (χ2v) is 12.3. The third-order valence-corrected chi connectivity index (χ3v) is 9.27. The number of hydrogen-bond donors (Lipinski definition) is 0. The molecule has 0 atom stereocenters. The SMILES string of the molecule is CC1CCC(n2cc(-c3ccc(OC(F)(F)F)cc3)c3cc(CN4CCN(Cc5ccccc5Cl)CC4)ccc32)CC1. The molecule has 2 aliphatic rings. The molecule has 1 saturated carbocycles. The highest BCUT2D eigenvalue weighted by atomic mass is 35.5. The first-order valence-corrected chi connectivity index (χ1v) is 15.3. The summed E-state index contributed by atoms with van der Waals surface area (Å²) in [7, 11) is 0. The zero-order valence-corrected chi connectivity index (χ0v) is 24.7. The predicted octanol–water partition coefficient (Wildman–Crippen LogP) is 8.93. The molecule has 2 fully saturated rings. The topological polar surface area (TPSA) is 20.6 Å². The van der Waals surface area contributed by atoms with Gasteiger partial charge >= 0.3 is 6.36 Å². The highest BCUT2D eigenvalue weighted by Crippen LogP contribution is 2.39. The van der Waals surface area contributed by atoms with Gasteiger partial charge in [-0.15, -0.1) is 13.2 Å². The summed E-state index contributed by atoms with van der Waals surface area (Å²) in [6.45, 7) is 7.99. The summed E-state index contributed by atoms with van der Waals surface area (Å²) >= 11 is 6.38. The Hall–Kier alpha value is -3.00. The van der Waals surface area contributed by atoms with Crippen LogP contribution in [0.1, 0.15) is 49.8 Å². The van der Waals surface area contributed by atoms with Crippen molar-refractivity contribution in [3.63, 3.8) is 0 Å². The Balaban J connectivity index is 1.22. The minimum absolute atomic E-state index is 0.203. The molecule has 0 amide bonds. The molecule has 42 heavy (non-hydrogen) atoms. The van der Waals surface area contributed by atoms with Gasteiger partial charge in [0.05, 0.1) is 0 Å². The number of hydrogen-bond acceptors (Lipinski definition) is 3. The molecule has 222 valence electrons. The Kier molecular flexibility index (Phi) is 8.53.